The highest BCUT2D eigenvalue weighted by Crippen LogP contribution is 2.39. The van der Waals surface area contributed by atoms with Gasteiger partial charge in [0.25, 0.3) is 5.91 Å². The molecule has 2 saturated heterocycles. The van der Waals surface area contributed by atoms with Crippen molar-refractivity contribution in [1.29, 1.82) is 0 Å². The number of hydrogen-bond donors (Lipinski definition) is 0. The summed E-state index contributed by atoms with van der Waals surface area (Å²) in [6.45, 7) is 0.719. The molecule has 0 bridgehead atoms. The van der Waals surface area contributed by atoms with E-state index >= 15 is 0 Å². The van der Waals surface area contributed by atoms with Gasteiger partial charge in [0.2, 0.25) is 10.0 Å². The molecule has 3 aromatic rings. The van der Waals surface area contributed by atoms with E-state index in [9.17, 15) is 32.0 Å². The van der Waals surface area contributed by atoms with Crippen LogP contribution in [-0.2, 0) is 30.7 Å². The lowest BCUT2D eigenvalue weighted by atomic mass is 10.0. The number of anilines is 1. The van der Waals surface area contributed by atoms with Crippen LogP contribution in [0.1, 0.15) is 53.3 Å². The molecule has 326 valence electrons. The number of sulfonamides is 1. The van der Waals surface area contributed by atoms with Crippen LogP contribution in [0.15, 0.2) is 48.8 Å². The molecule has 2 aliphatic heterocycles. The van der Waals surface area contributed by atoms with Crippen molar-refractivity contribution in [2.24, 2.45) is 11.8 Å². The third kappa shape index (κ3) is 11.8. The lowest BCUT2D eigenvalue weighted by molar-refractivity contribution is -0.605. The fraction of sp³-hybridized carbons (Fsp3) is 0.525. The molecule has 0 spiro atoms. The number of benzene rings is 2. The van der Waals surface area contributed by atoms with Crippen molar-refractivity contribution in [2.45, 2.75) is 50.2 Å². The zero-order valence-corrected chi connectivity index (χ0v) is 36.0. The molecule has 3 heterocycles. The van der Waals surface area contributed by atoms with Gasteiger partial charge in [0, 0.05) is 62.1 Å². The Morgan fingerprint density at radius 2 is 1.67 bits per heavy atom. The minimum atomic E-state index is -3.81. The fourth-order valence-electron chi connectivity index (χ4n) is 6.88. The molecule has 20 heteroatoms. The Labute approximate surface area is 361 Å². The molecule has 1 amide bonds. The number of hydrogen-bond acceptors (Lipinski definition) is 12. The number of thioether (sulfide) groups is 1. The average Bonchev–Trinajstić information content (AvgIpc) is 4.15. The number of nitrogens with zero attached hydrogens (tertiary/aromatic N) is 4. The van der Waals surface area contributed by atoms with Gasteiger partial charge in [0.05, 0.1) is 38.4 Å². The first-order chi connectivity index (χ1) is 28.7. The Morgan fingerprint density at radius 3 is 2.32 bits per heavy atom. The Hall–Kier alpha value is -3.81. The average molecular weight is 916 g/mol. The Morgan fingerprint density at radius 1 is 0.983 bits per heavy atom. The van der Waals surface area contributed by atoms with Gasteiger partial charge in [-0.15, -0.1) is 11.8 Å². The normalized spacial score (nSPS) is 19.0. The molecule has 4 aliphatic rings. The number of morpholine rings is 1. The summed E-state index contributed by atoms with van der Waals surface area (Å²) < 4.78 is 83.2. The second kappa shape index (κ2) is 19.5. The van der Waals surface area contributed by atoms with Crippen molar-refractivity contribution >= 4 is 62.6 Å². The largest absolute Gasteiger partial charge is 0.619 e. The number of carbonyl (C=O) groups is 2. The van der Waals surface area contributed by atoms with Crippen LogP contribution in [0.25, 0.3) is 0 Å². The monoisotopic (exact) mass is 914 g/mol. The lowest BCUT2D eigenvalue weighted by Gasteiger charge is -2.30. The van der Waals surface area contributed by atoms with Crippen molar-refractivity contribution in [3.8, 4) is 17.2 Å². The Kier molecular flexibility index (Phi) is 14.4. The topological polar surface area (TPSA) is 151 Å². The summed E-state index contributed by atoms with van der Waals surface area (Å²) in [5.41, 5.74) is 0.980. The van der Waals surface area contributed by atoms with Crippen LogP contribution in [0.4, 0.5) is 14.5 Å². The summed E-state index contributed by atoms with van der Waals surface area (Å²) in [6, 6.07) is 8.85. The number of aromatic nitrogens is 1. The molecule has 0 radical (unpaired) electrons. The lowest BCUT2D eigenvalue weighted by Crippen LogP contribution is -2.43. The maximum absolute atomic E-state index is 14.5. The van der Waals surface area contributed by atoms with Crippen molar-refractivity contribution < 1.29 is 55.2 Å². The number of halogens is 4. The molecule has 2 aromatic carbocycles. The number of ether oxygens (including phenoxy) is 5. The summed E-state index contributed by atoms with van der Waals surface area (Å²) >= 11 is 14.1. The highest BCUT2D eigenvalue weighted by atomic mass is 35.5. The van der Waals surface area contributed by atoms with Gasteiger partial charge < -0.3 is 33.8 Å². The van der Waals surface area contributed by atoms with E-state index in [1.165, 1.54) is 45.2 Å². The summed E-state index contributed by atoms with van der Waals surface area (Å²) in [4.78, 5) is 32.2. The second-order valence-corrected chi connectivity index (χ2v) is 19.2. The van der Waals surface area contributed by atoms with E-state index in [0.717, 1.165) is 44.3 Å². The molecule has 4 fully saturated rings. The predicted octanol–water partition coefficient (Wildman–Crippen LogP) is 5.95. The van der Waals surface area contributed by atoms with Crippen LogP contribution < -0.4 is 23.2 Å². The molecular weight excluding hydrogens is 869 g/mol. The van der Waals surface area contributed by atoms with Gasteiger partial charge in [0.1, 0.15) is 21.9 Å². The highest BCUT2D eigenvalue weighted by molar-refractivity contribution is 8.00. The maximum Gasteiger partial charge on any atom is 0.387 e. The molecule has 14 nitrogen and oxygen atoms in total. The molecule has 1 aromatic heterocycles. The number of rotatable bonds is 19. The molecule has 0 N–H and O–H groups in total. The van der Waals surface area contributed by atoms with Gasteiger partial charge in [-0.25, -0.2) is 13.2 Å². The summed E-state index contributed by atoms with van der Waals surface area (Å²) in [5.74, 6) is -0.174. The summed E-state index contributed by atoms with van der Waals surface area (Å²) in [5, 5.41) is 10.9. The zero-order chi connectivity index (χ0) is 42.6. The standard InChI is InChI=1S/C40H46Cl2F2N4O10S2/c1-60(52,53)48(9-8-45-10-13-54-14-11-45)29-16-28(17-30(19-29)55-23-25-2-3-25)37(49)47-12-15-59-38(47)39(50)57-35(20-31-32(41)21-46(51)22-33(31)42)27-6-7-34(58-40(43)44)36(18-27)56-24-26-4-5-26/h6-7,16-19,21-22,25-26,35,38,40H,2-5,8-15,20,23-24H2,1H3. The van der Waals surface area contributed by atoms with Crippen LogP contribution in [0.2, 0.25) is 10.0 Å². The third-order valence-electron chi connectivity index (χ3n) is 10.5. The minimum Gasteiger partial charge on any atom is -0.619 e. The van der Waals surface area contributed by atoms with E-state index in [0.29, 0.717) is 67.2 Å². The van der Waals surface area contributed by atoms with Gasteiger partial charge in [-0.2, -0.15) is 13.5 Å². The molecule has 2 aliphatic carbocycles. The first-order valence-electron chi connectivity index (χ1n) is 19.7. The first kappa shape index (κ1) is 44.3. The number of carbonyl (C=O) groups excluding carboxylic acids is 2. The number of esters is 1. The Balaban J connectivity index is 1.17. The molecule has 2 saturated carbocycles. The van der Waals surface area contributed by atoms with E-state index in [-0.39, 0.29) is 70.4 Å². The van der Waals surface area contributed by atoms with E-state index in [2.05, 4.69) is 4.90 Å². The maximum atomic E-state index is 14.5. The van der Waals surface area contributed by atoms with E-state index in [1.54, 1.807) is 12.1 Å². The van der Waals surface area contributed by atoms with Crippen LogP contribution >= 0.6 is 35.0 Å². The molecule has 2 unspecified atom stereocenters. The van der Waals surface area contributed by atoms with E-state index < -0.39 is 40.0 Å². The van der Waals surface area contributed by atoms with Crippen LogP contribution in [-0.4, -0.2) is 113 Å². The number of amides is 1. The Bertz CT molecular complexity index is 2120. The van der Waals surface area contributed by atoms with Crippen LogP contribution in [0, 0.1) is 17.0 Å². The van der Waals surface area contributed by atoms with Crippen molar-refractivity contribution in [3.63, 3.8) is 0 Å². The molecule has 7 rings (SSSR count). The van der Waals surface area contributed by atoms with Gasteiger partial charge >= 0.3 is 12.6 Å². The highest BCUT2D eigenvalue weighted by Gasteiger charge is 2.39. The zero-order valence-electron chi connectivity index (χ0n) is 32.8. The molecule has 60 heavy (non-hydrogen) atoms. The molecule has 2 atom stereocenters. The van der Waals surface area contributed by atoms with Crippen molar-refractivity contribution in [2.75, 3.05) is 75.5 Å². The molecular formula is C40H46Cl2F2N4O10S2. The SMILES string of the molecule is CS(=O)(=O)N(CCN1CCOCC1)c1cc(OCC2CC2)cc(C(=O)N2CCSC2C(=O)OC(Cc2c(Cl)c[n+]([O-])cc2Cl)c2ccc(OC(F)F)c(OCC3CC3)c2)c1. The van der Waals surface area contributed by atoms with Crippen LogP contribution in [0.3, 0.4) is 0 Å². The third-order valence-corrected chi connectivity index (χ3v) is 13.5. The van der Waals surface area contributed by atoms with E-state index in [4.69, 9.17) is 46.9 Å². The first-order valence-corrected chi connectivity index (χ1v) is 23.3. The second-order valence-electron chi connectivity index (χ2n) is 15.2. The van der Waals surface area contributed by atoms with Gasteiger partial charge in [-0.3, -0.25) is 14.0 Å². The van der Waals surface area contributed by atoms with Crippen molar-refractivity contribution in [3.05, 3.63) is 80.7 Å². The van der Waals surface area contributed by atoms with Gasteiger partial charge in [-0.05, 0) is 67.3 Å². The number of alkyl halides is 2. The minimum absolute atomic E-state index is 0.00104. The smallest absolute Gasteiger partial charge is 0.387 e. The predicted molar refractivity (Wildman–Crippen MR) is 221 cm³/mol. The van der Waals surface area contributed by atoms with Crippen molar-refractivity contribution in [1.82, 2.24) is 9.80 Å². The number of pyridine rings is 1. The van der Waals surface area contributed by atoms with E-state index in [1.807, 2.05) is 0 Å². The fourth-order valence-corrected chi connectivity index (χ4v) is 9.47. The van der Waals surface area contributed by atoms with Gasteiger partial charge in [0.15, 0.2) is 29.3 Å². The quantitative estimate of drug-likeness (QED) is 0.0795. The van der Waals surface area contributed by atoms with Crippen LogP contribution in [0.5, 0.6) is 17.2 Å². The summed E-state index contributed by atoms with van der Waals surface area (Å²) in [7, 11) is -3.81. The van der Waals surface area contributed by atoms with Gasteiger partial charge in [-0.1, -0.05) is 29.3 Å². The summed E-state index contributed by atoms with van der Waals surface area (Å²) in [6.07, 6.45) is 5.93.